The molecule has 0 spiro atoms. The summed E-state index contributed by atoms with van der Waals surface area (Å²) in [6.07, 6.45) is 0. The van der Waals surface area contributed by atoms with Gasteiger partial charge in [-0.1, -0.05) is 91.0 Å². The van der Waals surface area contributed by atoms with Gasteiger partial charge < -0.3 is 8.98 Å². The maximum Gasteiger partial charge on any atom is 0.227 e. The number of fused-ring (bicyclic) bond motifs is 9. The SMILES string of the molecule is c1ccc(-c2cc3oc(-c4ccc(-n5c6ccccc6c6cc7ccccc7cc65)cc4)nc3c3c2sc2ccccc23)cc1. The van der Waals surface area contributed by atoms with E-state index in [1.807, 2.05) is 11.3 Å². The van der Waals surface area contributed by atoms with Gasteiger partial charge in [0.2, 0.25) is 5.89 Å². The van der Waals surface area contributed by atoms with Crippen LogP contribution in [0.3, 0.4) is 0 Å². The summed E-state index contributed by atoms with van der Waals surface area (Å²) in [6, 6.07) is 51.8. The normalized spacial score (nSPS) is 12.0. The van der Waals surface area contributed by atoms with Crippen molar-refractivity contribution in [3.8, 4) is 28.3 Å². The molecule has 0 unspecified atom stereocenters. The predicted molar refractivity (Wildman–Crippen MR) is 190 cm³/mol. The molecule has 210 valence electrons. The molecule has 0 amide bonds. The molecular weight excluding hydrogens is 569 g/mol. The fraction of sp³-hybridized carbons (Fsp3) is 0. The first-order valence-electron chi connectivity index (χ1n) is 15.1. The van der Waals surface area contributed by atoms with Crippen molar-refractivity contribution < 1.29 is 4.42 Å². The van der Waals surface area contributed by atoms with Gasteiger partial charge in [-0.25, -0.2) is 4.98 Å². The van der Waals surface area contributed by atoms with Gasteiger partial charge in [-0.05, 0) is 70.9 Å². The highest BCUT2D eigenvalue weighted by Crippen LogP contribution is 2.45. The Morgan fingerprint density at radius 3 is 2.11 bits per heavy atom. The molecule has 3 heterocycles. The quantitative estimate of drug-likeness (QED) is 0.204. The highest BCUT2D eigenvalue weighted by Gasteiger charge is 2.20. The molecular formula is C41H24N2OS. The zero-order valence-corrected chi connectivity index (χ0v) is 24.9. The summed E-state index contributed by atoms with van der Waals surface area (Å²) < 4.78 is 11.4. The van der Waals surface area contributed by atoms with E-state index in [0.29, 0.717) is 5.89 Å². The minimum absolute atomic E-state index is 0.631. The van der Waals surface area contributed by atoms with E-state index in [4.69, 9.17) is 9.40 Å². The Morgan fingerprint density at radius 2 is 1.27 bits per heavy atom. The van der Waals surface area contributed by atoms with Crippen LogP contribution in [0.15, 0.2) is 150 Å². The number of hydrogen-bond acceptors (Lipinski definition) is 3. The van der Waals surface area contributed by atoms with E-state index in [9.17, 15) is 0 Å². The van der Waals surface area contributed by atoms with Gasteiger partial charge in [0.05, 0.1) is 11.0 Å². The molecule has 3 nitrogen and oxygen atoms in total. The zero-order chi connectivity index (χ0) is 29.5. The molecule has 0 aliphatic carbocycles. The van der Waals surface area contributed by atoms with Crippen LogP contribution in [0.4, 0.5) is 0 Å². The highest BCUT2D eigenvalue weighted by molar-refractivity contribution is 7.26. The van der Waals surface area contributed by atoms with Crippen molar-refractivity contribution in [2.45, 2.75) is 0 Å². The Balaban J connectivity index is 1.15. The van der Waals surface area contributed by atoms with E-state index in [2.05, 4.69) is 150 Å². The second-order valence-corrected chi connectivity index (χ2v) is 12.6. The predicted octanol–water partition coefficient (Wildman–Crippen LogP) is 11.8. The maximum atomic E-state index is 6.55. The highest BCUT2D eigenvalue weighted by atomic mass is 32.1. The Bertz CT molecular complexity index is 2750. The van der Waals surface area contributed by atoms with E-state index >= 15 is 0 Å². The van der Waals surface area contributed by atoms with Gasteiger partial charge in [0.1, 0.15) is 5.52 Å². The van der Waals surface area contributed by atoms with Gasteiger partial charge >= 0.3 is 0 Å². The average Bonchev–Trinajstić information content (AvgIpc) is 3.79. The van der Waals surface area contributed by atoms with Gasteiger partial charge in [0, 0.05) is 47.8 Å². The molecule has 0 fully saturated rings. The Labute approximate surface area is 262 Å². The van der Waals surface area contributed by atoms with Gasteiger partial charge in [-0.2, -0.15) is 0 Å². The molecule has 7 aromatic carbocycles. The van der Waals surface area contributed by atoms with Crippen LogP contribution < -0.4 is 0 Å². The van der Waals surface area contributed by atoms with E-state index in [-0.39, 0.29) is 0 Å². The maximum absolute atomic E-state index is 6.55. The van der Waals surface area contributed by atoms with Crippen LogP contribution in [-0.4, -0.2) is 9.55 Å². The first-order chi connectivity index (χ1) is 22.3. The number of oxazole rings is 1. The summed E-state index contributed by atoms with van der Waals surface area (Å²) >= 11 is 1.82. The summed E-state index contributed by atoms with van der Waals surface area (Å²) in [5.74, 6) is 0.631. The molecule has 0 N–H and O–H groups in total. The molecule has 0 saturated carbocycles. The van der Waals surface area contributed by atoms with Crippen LogP contribution in [0.25, 0.3) is 92.1 Å². The van der Waals surface area contributed by atoms with Crippen LogP contribution in [0.1, 0.15) is 0 Å². The smallest absolute Gasteiger partial charge is 0.227 e. The molecule has 4 heteroatoms. The lowest BCUT2D eigenvalue weighted by Crippen LogP contribution is -1.93. The lowest BCUT2D eigenvalue weighted by atomic mass is 10.0. The number of para-hydroxylation sites is 1. The summed E-state index contributed by atoms with van der Waals surface area (Å²) in [5.41, 5.74) is 8.52. The lowest BCUT2D eigenvalue weighted by Gasteiger charge is -2.09. The summed E-state index contributed by atoms with van der Waals surface area (Å²) in [6.45, 7) is 0. The van der Waals surface area contributed by atoms with Crippen molar-refractivity contribution in [2.24, 2.45) is 0 Å². The number of benzene rings is 7. The van der Waals surface area contributed by atoms with Crippen molar-refractivity contribution in [1.82, 2.24) is 9.55 Å². The van der Waals surface area contributed by atoms with Crippen LogP contribution >= 0.6 is 11.3 Å². The number of thiophene rings is 1. The van der Waals surface area contributed by atoms with E-state index < -0.39 is 0 Å². The van der Waals surface area contributed by atoms with Crippen molar-refractivity contribution >= 4 is 75.2 Å². The molecule has 45 heavy (non-hydrogen) atoms. The molecule has 0 aliphatic rings. The summed E-state index contributed by atoms with van der Waals surface area (Å²) in [4.78, 5) is 5.13. The summed E-state index contributed by atoms with van der Waals surface area (Å²) in [5, 5.41) is 7.38. The molecule has 0 saturated heterocycles. The van der Waals surface area contributed by atoms with Gasteiger partial charge in [0.15, 0.2) is 5.58 Å². The summed E-state index contributed by atoms with van der Waals surface area (Å²) in [7, 11) is 0. The first kappa shape index (κ1) is 24.7. The molecule has 10 aromatic rings. The van der Waals surface area contributed by atoms with E-state index in [1.54, 1.807) is 0 Å². The van der Waals surface area contributed by atoms with Crippen molar-refractivity contribution in [3.05, 3.63) is 146 Å². The van der Waals surface area contributed by atoms with Gasteiger partial charge in [0.25, 0.3) is 0 Å². The minimum atomic E-state index is 0.631. The lowest BCUT2D eigenvalue weighted by molar-refractivity contribution is 0.620. The van der Waals surface area contributed by atoms with Crippen LogP contribution in [0, 0.1) is 0 Å². The molecule has 0 aliphatic heterocycles. The number of hydrogen-bond donors (Lipinski definition) is 0. The van der Waals surface area contributed by atoms with Gasteiger partial charge in [-0.3, -0.25) is 0 Å². The van der Waals surface area contributed by atoms with Crippen LogP contribution in [-0.2, 0) is 0 Å². The Kier molecular flexibility index (Phi) is 5.16. The third-order valence-electron chi connectivity index (χ3n) is 9.00. The van der Waals surface area contributed by atoms with E-state index in [0.717, 1.165) is 27.7 Å². The number of rotatable bonds is 3. The minimum Gasteiger partial charge on any atom is -0.436 e. The van der Waals surface area contributed by atoms with Crippen molar-refractivity contribution in [1.29, 1.82) is 0 Å². The fourth-order valence-electron chi connectivity index (χ4n) is 6.92. The topological polar surface area (TPSA) is 31.0 Å². The van der Waals surface area contributed by atoms with Gasteiger partial charge in [-0.15, -0.1) is 11.3 Å². The Morgan fingerprint density at radius 1 is 0.556 bits per heavy atom. The third-order valence-corrected chi connectivity index (χ3v) is 10.2. The van der Waals surface area contributed by atoms with Crippen LogP contribution in [0.2, 0.25) is 0 Å². The number of nitrogens with zero attached hydrogens (tertiary/aromatic N) is 2. The fourth-order valence-corrected chi connectivity index (χ4v) is 8.16. The van der Waals surface area contributed by atoms with Crippen LogP contribution in [0.5, 0.6) is 0 Å². The molecule has 0 atom stereocenters. The zero-order valence-electron chi connectivity index (χ0n) is 24.1. The monoisotopic (exact) mass is 592 g/mol. The number of aromatic nitrogens is 2. The van der Waals surface area contributed by atoms with Crippen molar-refractivity contribution in [2.75, 3.05) is 0 Å². The molecule has 10 rings (SSSR count). The molecule has 0 bridgehead atoms. The molecule has 3 aromatic heterocycles. The first-order valence-corrected chi connectivity index (χ1v) is 15.9. The second-order valence-electron chi connectivity index (χ2n) is 11.6. The molecule has 0 radical (unpaired) electrons. The average molecular weight is 593 g/mol. The standard InChI is InChI=1S/C41H24N2OS/c1-2-10-25(11-3-1)32-24-36-39(38-31-15-7-9-17-37(31)45-40(32)38)42-41(44-36)26-18-20-29(21-19-26)43-34-16-8-6-14-30(34)33-22-27-12-4-5-13-28(27)23-35(33)43/h1-24H. The third kappa shape index (κ3) is 3.67. The van der Waals surface area contributed by atoms with E-state index in [1.165, 1.54) is 58.5 Å². The Hall–Kier alpha value is -5.71. The second kappa shape index (κ2) is 9.39. The van der Waals surface area contributed by atoms with Crippen molar-refractivity contribution in [3.63, 3.8) is 0 Å². The largest absolute Gasteiger partial charge is 0.436 e.